The van der Waals surface area contributed by atoms with Crippen LogP contribution in [0.4, 0.5) is 16.2 Å². The minimum atomic E-state index is -0.433. The van der Waals surface area contributed by atoms with Gasteiger partial charge < -0.3 is 25.6 Å². The number of allylic oxidation sites excluding steroid dienone is 1. The molecule has 2 amide bonds. The van der Waals surface area contributed by atoms with E-state index in [1.165, 1.54) is 7.11 Å². The summed E-state index contributed by atoms with van der Waals surface area (Å²) in [5.74, 6) is -0.405. The van der Waals surface area contributed by atoms with Crippen molar-refractivity contribution in [2.45, 2.75) is 33.2 Å². The van der Waals surface area contributed by atoms with Crippen LogP contribution in [0.2, 0.25) is 0 Å². The molecule has 32 heavy (non-hydrogen) atoms. The van der Waals surface area contributed by atoms with E-state index in [1.807, 2.05) is 62.1 Å². The lowest BCUT2D eigenvalue weighted by molar-refractivity contribution is -0.136. The molecule has 0 aromatic heterocycles. The Morgan fingerprint density at radius 3 is 2.41 bits per heavy atom. The van der Waals surface area contributed by atoms with Crippen molar-refractivity contribution < 1.29 is 14.3 Å². The van der Waals surface area contributed by atoms with Gasteiger partial charge in [0.2, 0.25) is 0 Å². The summed E-state index contributed by atoms with van der Waals surface area (Å²) in [5.41, 5.74) is 4.60. The van der Waals surface area contributed by atoms with Crippen LogP contribution in [0.5, 0.6) is 0 Å². The zero-order chi connectivity index (χ0) is 23.3. The Hall–Kier alpha value is -3.39. The fourth-order valence-corrected chi connectivity index (χ4v) is 4.16. The minimum absolute atomic E-state index is 0.319. The molecular weight excluding hydrogens is 424 g/mol. The van der Waals surface area contributed by atoms with E-state index in [0.717, 1.165) is 28.9 Å². The number of ether oxygens (including phenoxy) is 1. The molecule has 1 heterocycles. The van der Waals surface area contributed by atoms with Gasteiger partial charge in [-0.3, -0.25) is 0 Å². The number of methoxy groups -OCH3 is 1. The van der Waals surface area contributed by atoms with Gasteiger partial charge in [-0.05, 0) is 61.8 Å². The number of hydrogen-bond acceptors (Lipinski definition) is 4. The predicted octanol–water partition coefficient (Wildman–Crippen LogP) is 4.59. The summed E-state index contributed by atoms with van der Waals surface area (Å²) < 4.78 is 5.02. The third kappa shape index (κ3) is 4.91. The van der Waals surface area contributed by atoms with Crippen LogP contribution in [-0.2, 0) is 16.0 Å². The molecule has 1 atom stereocenters. The second kappa shape index (κ2) is 10.3. The van der Waals surface area contributed by atoms with Gasteiger partial charge in [0.15, 0.2) is 5.11 Å². The maximum absolute atomic E-state index is 12.5. The van der Waals surface area contributed by atoms with Gasteiger partial charge in [-0.2, -0.15) is 0 Å². The number of para-hydroxylation sites is 1. The highest BCUT2D eigenvalue weighted by atomic mass is 32.1. The van der Waals surface area contributed by atoms with Crippen LogP contribution in [0.25, 0.3) is 0 Å². The molecule has 1 aliphatic heterocycles. The first-order valence-electron chi connectivity index (χ1n) is 10.5. The molecular formula is C24H28N4O3S. The Bertz CT molecular complexity index is 1050. The molecule has 0 bridgehead atoms. The van der Waals surface area contributed by atoms with Gasteiger partial charge in [-0.1, -0.05) is 37.3 Å². The summed E-state index contributed by atoms with van der Waals surface area (Å²) in [6.07, 6.45) is 0.826. The number of thiocarbonyl (C=S) groups is 1. The molecule has 8 heteroatoms. The Labute approximate surface area is 193 Å². The van der Waals surface area contributed by atoms with Crippen molar-refractivity contribution in [1.82, 2.24) is 10.2 Å². The van der Waals surface area contributed by atoms with E-state index in [1.54, 1.807) is 12.1 Å². The zero-order valence-electron chi connectivity index (χ0n) is 18.7. The van der Waals surface area contributed by atoms with Gasteiger partial charge in [0.05, 0.1) is 18.7 Å². The molecule has 0 spiro atoms. The molecule has 3 N–H and O–H groups in total. The SMILES string of the molecule is CCc1ccccc1NC(=O)Nc1ccc([C@H]2NC(=S)N(CC)C(C)=C2C(=O)OC)cc1. The molecule has 168 valence electrons. The van der Waals surface area contributed by atoms with Gasteiger partial charge in [0, 0.05) is 23.6 Å². The van der Waals surface area contributed by atoms with Gasteiger partial charge >= 0.3 is 12.0 Å². The molecule has 0 radical (unpaired) electrons. The van der Waals surface area contributed by atoms with Gasteiger partial charge in [-0.15, -0.1) is 0 Å². The average Bonchev–Trinajstić information content (AvgIpc) is 2.79. The lowest BCUT2D eigenvalue weighted by atomic mass is 9.95. The third-order valence-corrected chi connectivity index (χ3v) is 5.80. The van der Waals surface area contributed by atoms with Crippen molar-refractivity contribution in [1.29, 1.82) is 0 Å². The molecule has 2 aromatic rings. The van der Waals surface area contributed by atoms with Crippen molar-refractivity contribution in [3.8, 4) is 0 Å². The number of aryl methyl sites for hydroxylation is 1. The zero-order valence-corrected chi connectivity index (χ0v) is 19.5. The van der Waals surface area contributed by atoms with E-state index < -0.39 is 12.0 Å². The summed E-state index contributed by atoms with van der Waals surface area (Å²) in [4.78, 5) is 26.8. The molecule has 1 aliphatic rings. The first kappa shape index (κ1) is 23.3. The summed E-state index contributed by atoms with van der Waals surface area (Å²) >= 11 is 5.48. The molecule has 0 saturated heterocycles. The number of carbonyl (C=O) groups excluding carboxylic acids is 2. The van der Waals surface area contributed by atoms with Crippen molar-refractivity contribution >= 4 is 40.7 Å². The smallest absolute Gasteiger partial charge is 0.337 e. The Morgan fingerprint density at radius 1 is 1.09 bits per heavy atom. The maximum Gasteiger partial charge on any atom is 0.337 e. The quantitative estimate of drug-likeness (QED) is 0.439. The highest BCUT2D eigenvalue weighted by Crippen LogP contribution is 2.31. The van der Waals surface area contributed by atoms with E-state index in [-0.39, 0.29) is 6.03 Å². The fraction of sp³-hybridized carbons (Fsp3) is 0.292. The van der Waals surface area contributed by atoms with Crippen molar-refractivity contribution in [3.63, 3.8) is 0 Å². The Kier molecular flexibility index (Phi) is 7.48. The van der Waals surface area contributed by atoms with Gasteiger partial charge in [0.25, 0.3) is 0 Å². The average molecular weight is 453 g/mol. The molecule has 3 rings (SSSR count). The van der Waals surface area contributed by atoms with Crippen LogP contribution < -0.4 is 16.0 Å². The standard InChI is InChI=1S/C24H28N4O3S/c1-5-16-9-7-8-10-19(16)26-23(30)25-18-13-11-17(12-14-18)21-20(22(29)31-4)15(3)28(6-2)24(32)27-21/h7-14,21H,5-6H2,1-4H3,(H,27,32)(H2,25,26,30)/t21-/m1/s1. The van der Waals surface area contributed by atoms with E-state index in [4.69, 9.17) is 17.0 Å². The van der Waals surface area contributed by atoms with Gasteiger partial charge in [-0.25, -0.2) is 9.59 Å². The number of anilines is 2. The second-order valence-corrected chi connectivity index (χ2v) is 7.72. The maximum atomic E-state index is 12.5. The normalized spacial score (nSPS) is 15.8. The van der Waals surface area contributed by atoms with Crippen molar-refractivity contribution in [2.75, 3.05) is 24.3 Å². The van der Waals surface area contributed by atoms with Crippen molar-refractivity contribution in [3.05, 3.63) is 70.9 Å². The van der Waals surface area contributed by atoms with Gasteiger partial charge in [0.1, 0.15) is 0 Å². The van der Waals surface area contributed by atoms with E-state index in [0.29, 0.717) is 22.9 Å². The molecule has 0 unspecified atom stereocenters. The summed E-state index contributed by atoms with van der Waals surface area (Å²) in [6.45, 7) is 6.52. The van der Waals surface area contributed by atoms with Crippen LogP contribution in [0.15, 0.2) is 59.8 Å². The van der Waals surface area contributed by atoms with E-state index in [9.17, 15) is 9.59 Å². The number of carbonyl (C=O) groups is 2. The first-order valence-corrected chi connectivity index (χ1v) is 10.9. The minimum Gasteiger partial charge on any atom is -0.466 e. The Balaban J connectivity index is 1.78. The monoisotopic (exact) mass is 452 g/mol. The van der Waals surface area contributed by atoms with Crippen LogP contribution in [-0.4, -0.2) is 35.7 Å². The second-order valence-electron chi connectivity index (χ2n) is 7.33. The highest BCUT2D eigenvalue weighted by Gasteiger charge is 2.33. The third-order valence-electron chi connectivity index (χ3n) is 5.47. The fourth-order valence-electron chi connectivity index (χ4n) is 3.78. The summed E-state index contributed by atoms with van der Waals surface area (Å²) in [5, 5.41) is 9.52. The van der Waals surface area contributed by atoms with E-state index in [2.05, 4.69) is 16.0 Å². The molecule has 0 aliphatic carbocycles. The number of esters is 1. The summed E-state index contributed by atoms with van der Waals surface area (Å²) in [7, 11) is 1.37. The molecule has 0 fully saturated rings. The van der Waals surface area contributed by atoms with Crippen LogP contribution in [0, 0.1) is 0 Å². The Morgan fingerprint density at radius 2 is 1.78 bits per heavy atom. The number of urea groups is 1. The number of amides is 2. The summed E-state index contributed by atoms with van der Waals surface area (Å²) in [6, 6.07) is 14.2. The van der Waals surface area contributed by atoms with E-state index >= 15 is 0 Å². The topological polar surface area (TPSA) is 82.7 Å². The van der Waals surface area contributed by atoms with Crippen molar-refractivity contribution in [2.24, 2.45) is 0 Å². The number of hydrogen-bond donors (Lipinski definition) is 3. The predicted molar refractivity (Wildman–Crippen MR) is 130 cm³/mol. The van der Waals surface area contributed by atoms with Crippen LogP contribution in [0.3, 0.4) is 0 Å². The first-order chi connectivity index (χ1) is 15.4. The number of rotatable bonds is 6. The molecule has 7 nitrogen and oxygen atoms in total. The molecule has 0 saturated carbocycles. The number of nitrogens with zero attached hydrogens (tertiary/aromatic N) is 1. The molecule has 2 aromatic carbocycles. The highest BCUT2D eigenvalue weighted by molar-refractivity contribution is 7.80. The lowest BCUT2D eigenvalue weighted by Gasteiger charge is -2.36. The van der Waals surface area contributed by atoms with Crippen LogP contribution in [0.1, 0.15) is 37.9 Å². The number of nitrogens with one attached hydrogen (secondary N) is 3. The van der Waals surface area contributed by atoms with Crippen LogP contribution >= 0.6 is 12.2 Å². The lowest BCUT2D eigenvalue weighted by Crippen LogP contribution is -2.47. The largest absolute Gasteiger partial charge is 0.466 e. The number of benzene rings is 2.